The molecule has 2 amide bonds. The van der Waals surface area contributed by atoms with E-state index in [1.54, 1.807) is 17.0 Å². The molecule has 27 heavy (non-hydrogen) atoms. The van der Waals surface area contributed by atoms with Gasteiger partial charge >= 0.3 is 0 Å². The molecular formula is C21H23BrN2O3. The van der Waals surface area contributed by atoms with E-state index < -0.39 is 6.10 Å². The third-order valence-electron chi connectivity index (χ3n) is 4.75. The van der Waals surface area contributed by atoms with Crippen molar-refractivity contribution in [1.29, 1.82) is 0 Å². The Morgan fingerprint density at radius 1 is 1.15 bits per heavy atom. The molecule has 1 aliphatic heterocycles. The highest BCUT2D eigenvalue weighted by molar-refractivity contribution is 9.10. The fourth-order valence-corrected chi connectivity index (χ4v) is 3.58. The first-order chi connectivity index (χ1) is 13.0. The summed E-state index contributed by atoms with van der Waals surface area (Å²) in [5.74, 6) is 0.176. The van der Waals surface area contributed by atoms with Gasteiger partial charge < -0.3 is 15.0 Å². The largest absolute Gasteiger partial charge is 0.477 e. The quantitative estimate of drug-likeness (QED) is 0.774. The Balaban J connectivity index is 1.90. The van der Waals surface area contributed by atoms with Gasteiger partial charge in [0.1, 0.15) is 5.75 Å². The summed E-state index contributed by atoms with van der Waals surface area (Å²) in [6.07, 6.45) is 0.961. The molecule has 0 fully saturated rings. The molecule has 0 saturated carbocycles. The lowest BCUT2D eigenvalue weighted by Crippen LogP contribution is -2.52. The maximum Gasteiger partial charge on any atom is 0.263 e. The van der Waals surface area contributed by atoms with Crippen LogP contribution in [0, 0.1) is 0 Å². The Morgan fingerprint density at radius 2 is 1.81 bits per heavy atom. The van der Waals surface area contributed by atoms with Crippen molar-refractivity contribution in [3.05, 3.63) is 58.6 Å². The van der Waals surface area contributed by atoms with Crippen LogP contribution in [0.2, 0.25) is 0 Å². The van der Waals surface area contributed by atoms with Crippen LogP contribution >= 0.6 is 15.9 Å². The van der Waals surface area contributed by atoms with E-state index in [1.165, 1.54) is 0 Å². The van der Waals surface area contributed by atoms with Crippen molar-refractivity contribution in [2.24, 2.45) is 0 Å². The Morgan fingerprint density at radius 3 is 2.52 bits per heavy atom. The zero-order valence-electron chi connectivity index (χ0n) is 15.4. The molecule has 6 heteroatoms. The summed E-state index contributed by atoms with van der Waals surface area (Å²) in [5.41, 5.74) is 1.22. The Bertz CT molecular complexity index is 836. The molecule has 1 atom stereocenters. The molecule has 142 valence electrons. The van der Waals surface area contributed by atoms with Gasteiger partial charge in [-0.05, 0) is 53.0 Å². The third kappa shape index (κ3) is 4.16. The van der Waals surface area contributed by atoms with E-state index >= 15 is 0 Å². The van der Waals surface area contributed by atoms with Gasteiger partial charge in [-0.25, -0.2) is 0 Å². The van der Waals surface area contributed by atoms with Crippen molar-refractivity contribution >= 4 is 33.4 Å². The second-order valence-electron chi connectivity index (χ2n) is 6.49. The van der Waals surface area contributed by atoms with Crippen molar-refractivity contribution in [3.8, 4) is 5.75 Å². The average molecular weight is 431 g/mol. The highest BCUT2D eigenvalue weighted by atomic mass is 79.9. The predicted molar refractivity (Wildman–Crippen MR) is 109 cm³/mol. The lowest BCUT2D eigenvalue weighted by atomic mass is 10.1. The first-order valence-corrected chi connectivity index (χ1v) is 9.96. The molecule has 3 rings (SSSR count). The molecule has 1 aliphatic rings. The average Bonchev–Trinajstić information content (AvgIpc) is 2.70. The van der Waals surface area contributed by atoms with Crippen LogP contribution in [0.15, 0.2) is 53.0 Å². The van der Waals surface area contributed by atoms with Gasteiger partial charge in [0.15, 0.2) is 6.10 Å². The number of rotatable bonds is 5. The number of carbonyl (C=O) groups excluding carboxylic acids is 2. The van der Waals surface area contributed by atoms with E-state index in [-0.39, 0.29) is 24.4 Å². The number of ether oxygens (including phenoxy) is 1. The zero-order chi connectivity index (χ0) is 19.4. The minimum atomic E-state index is -0.744. The Labute approximate surface area is 167 Å². The maximum atomic E-state index is 13.2. The second-order valence-corrected chi connectivity index (χ2v) is 7.35. The first kappa shape index (κ1) is 19.4. The fraction of sp³-hybridized carbons (Fsp3) is 0.333. The van der Waals surface area contributed by atoms with Gasteiger partial charge in [-0.2, -0.15) is 0 Å². The Hall–Kier alpha value is -2.34. The summed E-state index contributed by atoms with van der Waals surface area (Å²) in [7, 11) is 0. The molecule has 1 heterocycles. The number of nitrogens with one attached hydrogen (secondary N) is 1. The normalized spacial score (nSPS) is 15.9. The molecule has 1 unspecified atom stereocenters. The van der Waals surface area contributed by atoms with Crippen molar-refractivity contribution in [3.63, 3.8) is 0 Å². The van der Waals surface area contributed by atoms with E-state index in [4.69, 9.17) is 4.74 Å². The number of fused-ring (bicyclic) bond motifs is 1. The molecule has 1 N–H and O–H groups in total. The maximum absolute atomic E-state index is 13.2. The minimum absolute atomic E-state index is 0.102. The van der Waals surface area contributed by atoms with Gasteiger partial charge in [-0.3, -0.25) is 9.59 Å². The van der Waals surface area contributed by atoms with Gasteiger partial charge in [-0.1, -0.05) is 38.1 Å². The van der Waals surface area contributed by atoms with Crippen molar-refractivity contribution in [2.75, 3.05) is 11.4 Å². The lowest BCUT2D eigenvalue weighted by Gasteiger charge is -2.35. The first-order valence-electron chi connectivity index (χ1n) is 9.17. The van der Waals surface area contributed by atoms with E-state index in [9.17, 15) is 9.59 Å². The lowest BCUT2D eigenvalue weighted by molar-refractivity contribution is -0.128. The summed E-state index contributed by atoms with van der Waals surface area (Å²) >= 11 is 3.44. The summed E-state index contributed by atoms with van der Waals surface area (Å²) in [6.45, 7) is 4.24. The van der Waals surface area contributed by atoms with Gasteiger partial charge in [0.05, 0.1) is 17.8 Å². The van der Waals surface area contributed by atoms with Crippen LogP contribution < -0.4 is 15.0 Å². The smallest absolute Gasteiger partial charge is 0.263 e. The molecule has 0 aliphatic carbocycles. The van der Waals surface area contributed by atoms with Crippen LogP contribution in [0.5, 0.6) is 5.75 Å². The van der Waals surface area contributed by atoms with E-state index in [0.29, 0.717) is 17.0 Å². The van der Waals surface area contributed by atoms with Crippen LogP contribution in [0.3, 0.4) is 0 Å². The van der Waals surface area contributed by atoms with E-state index in [2.05, 4.69) is 21.2 Å². The molecule has 0 saturated heterocycles. The summed E-state index contributed by atoms with van der Waals surface area (Å²) < 4.78 is 6.63. The molecular weight excluding hydrogens is 408 g/mol. The highest BCUT2D eigenvalue weighted by Crippen LogP contribution is 2.35. The number of para-hydroxylation sites is 2. The molecule has 2 aromatic carbocycles. The van der Waals surface area contributed by atoms with Crippen LogP contribution in [0.25, 0.3) is 0 Å². The van der Waals surface area contributed by atoms with Crippen LogP contribution in [-0.2, 0) is 4.79 Å². The monoisotopic (exact) mass is 430 g/mol. The Kier molecular flexibility index (Phi) is 6.16. The third-order valence-corrected chi connectivity index (χ3v) is 5.44. The van der Waals surface area contributed by atoms with Gasteiger partial charge in [0, 0.05) is 10.5 Å². The fourth-order valence-electron chi connectivity index (χ4n) is 3.13. The molecule has 0 bridgehead atoms. The zero-order valence-corrected chi connectivity index (χ0v) is 17.0. The van der Waals surface area contributed by atoms with E-state index in [1.807, 2.05) is 50.2 Å². The van der Waals surface area contributed by atoms with Crippen LogP contribution in [0.4, 0.5) is 5.69 Å². The number of hydrogen-bond donors (Lipinski definition) is 1. The highest BCUT2D eigenvalue weighted by Gasteiger charge is 2.35. The second kappa shape index (κ2) is 8.57. The van der Waals surface area contributed by atoms with Gasteiger partial charge in [-0.15, -0.1) is 0 Å². The molecule has 2 aromatic rings. The number of benzene rings is 2. The van der Waals surface area contributed by atoms with Crippen LogP contribution in [-0.4, -0.2) is 30.5 Å². The van der Waals surface area contributed by atoms with Gasteiger partial charge in [0.2, 0.25) is 0 Å². The SMILES string of the molecule is CCC(CC)NC(=O)C1CN(C(=O)c2ccccc2Br)c2ccccc2O1. The predicted octanol–water partition coefficient (Wildman–Crippen LogP) is 4.16. The summed E-state index contributed by atoms with van der Waals surface area (Å²) in [4.78, 5) is 27.5. The van der Waals surface area contributed by atoms with Crippen molar-refractivity contribution in [2.45, 2.75) is 38.8 Å². The van der Waals surface area contributed by atoms with E-state index in [0.717, 1.165) is 17.3 Å². The van der Waals surface area contributed by atoms with Crippen LogP contribution in [0.1, 0.15) is 37.0 Å². The molecule has 5 nitrogen and oxygen atoms in total. The van der Waals surface area contributed by atoms with Gasteiger partial charge in [0.25, 0.3) is 11.8 Å². The summed E-state index contributed by atoms with van der Waals surface area (Å²) in [5, 5.41) is 3.02. The topological polar surface area (TPSA) is 58.6 Å². The molecule has 0 aromatic heterocycles. The number of anilines is 1. The number of carbonyl (C=O) groups is 2. The summed E-state index contributed by atoms with van der Waals surface area (Å²) in [6, 6.07) is 14.7. The number of amides is 2. The minimum Gasteiger partial charge on any atom is -0.477 e. The number of nitrogens with zero attached hydrogens (tertiary/aromatic N) is 1. The number of halogens is 1. The number of hydrogen-bond acceptors (Lipinski definition) is 3. The van der Waals surface area contributed by atoms with Crippen molar-refractivity contribution in [1.82, 2.24) is 5.32 Å². The van der Waals surface area contributed by atoms with Crippen molar-refractivity contribution < 1.29 is 14.3 Å². The molecule has 0 radical (unpaired) electrons. The molecule has 0 spiro atoms. The standard InChI is InChI=1S/C21H23BrN2O3/c1-3-14(4-2)23-20(25)19-13-24(17-11-7-8-12-18(17)27-19)21(26)15-9-5-6-10-16(15)22/h5-12,14,19H,3-4,13H2,1-2H3,(H,23,25).